The third-order valence-corrected chi connectivity index (χ3v) is 6.09. The van der Waals surface area contributed by atoms with Crippen LogP contribution in [0.25, 0.3) is 0 Å². The maximum atomic E-state index is 13.3. The zero-order valence-corrected chi connectivity index (χ0v) is 13.2. The Morgan fingerprint density at radius 2 is 1.59 bits per heavy atom. The second-order valence-corrected chi connectivity index (χ2v) is 7.42. The predicted molar refractivity (Wildman–Crippen MR) is 91.1 cm³/mol. The molecule has 0 radical (unpaired) electrons. The number of likely N-dealkylation sites (tertiary alicyclic amines) is 1. The van der Waals surface area contributed by atoms with Crippen LogP contribution in [0.15, 0.2) is 60.7 Å². The molecule has 0 spiro atoms. The van der Waals surface area contributed by atoms with E-state index in [0.717, 1.165) is 23.4 Å². The third-order valence-electron chi connectivity index (χ3n) is 4.70. The van der Waals surface area contributed by atoms with Crippen molar-refractivity contribution in [1.82, 2.24) is 4.90 Å². The van der Waals surface area contributed by atoms with Crippen molar-refractivity contribution in [2.24, 2.45) is 0 Å². The maximum absolute atomic E-state index is 13.3. The molecule has 0 aromatic heterocycles. The van der Waals surface area contributed by atoms with Crippen LogP contribution in [0.3, 0.4) is 0 Å². The highest BCUT2D eigenvalue weighted by molar-refractivity contribution is 8.00. The van der Waals surface area contributed by atoms with Crippen molar-refractivity contribution in [2.75, 3.05) is 12.3 Å². The maximum Gasteiger partial charge on any atom is 0.234 e. The average molecular weight is 309 g/mol. The summed E-state index contributed by atoms with van der Waals surface area (Å²) in [5.41, 5.74) is 2.18. The van der Waals surface area contributed by atoms with Gasteiger partial charge in [0, 0.05) is 23.6 Å². The Morgan fingerprint density at radius 1 is 1.00 bits per heavy atom. The molecule has 2 aromatic carbocycles. The molecule has 2 saturated heterocycles. The Hall–Kier alpha value is -1.74. The van der Waals surface area contributed by atoms with Crippen molar-refractivity contribution in [1.29, 1.82) is 0 Å². The van der Waals surface area contributed by atoms with Gasteiger partial charge < -0.3 is 4.90 Å². The topological polar surface area (TPSA) is 20.3 Å². The van der Waals surface area contributed by atoms with Crippen LogP contribution in [-0.4, -0.2) is 34.4 Å². The average Bonchev–Trinajstić information content (AvgIpc) is 3.20. The summed E-state index contributed by atoms with van der Waals surface area (Å²) in [6.45, 7) is 0.921. The second kappa shape index (κ2) is 5.81. The summed E-state index contributed by atoms with van der Waals surface area (Å²) in [7, 11) is 0. The molecule has 2 nitrogen and oxygen atoms in total. The van der Waals surface area contributed by atoms with E-state index < -0.39 is 0 Å². The largest absolute Gasteiger partial charge is 0.337 e. The molecule has 2 fully saturated rings. The molecule has 0 saturated carbocycles. The zero-order valence-electron chi connectivity index (χ0n) is 12.4. The predicted octanol–water partition coefficient (Wildman–Crippen LogP) is 3.53. The van der Waals surface area contributed by atoms with Gasteiger partial charge in [0.2, 0.25) is 5.91 Å². The molecule has 2 unspecified atom stereocenters. The van der Waals surface area contributed by atoms with Gasteiger partial charge in [0.25, 0.3) is 0 Å². The molecule has 1 amide bonds. The number of rotatable bonds is 3. The molecule has 4 rings (SSSR count). The molecule has 0 N–H and O–H groups in total. The van der Waals surface area contributed by atoms with Crippen LogP contribution in [0.1, 0.15) is 23.5 Å². The van der Waals surface area contributed by atoms with Gasteiger partial charge in [0.05, 0.1) is 5.92 Å². The lowest BCUT2D eigenvalue weighted by atomic mass is 9.90. The summed E-state index contributed by atoms with van der Waals surface area (Å²) in [5, 5.41) is 0.654. The van der Waals surface area contributed by atoms with Crippen molar-refractivity contribution in [3.05, 3.63) is 71.8 Å². The molecule has 2 aliphatic heterocycles. The molecule has 22 heavy (non-hydrogen) atoms. The van der Waals surface area contributed by atoms with E-state index in [2.05, 4.69) is 29.2 Å². The normalized spacial score (nSPS) is 23.2. The number of benzene rings is 2. The van der Waals surface area contributed by atoms with Crippen LogP contribution >= 0.6 is 11.8 Å². The number of carbonyl (C=O) groups is 1. The minimum atomic E-state index is -0.174. The minimum absolute atomic E-state index is 0.174. The minimum Gasteiger partial charge on any atom is -0.337 e. The molecule has 2 aromatic rings. The fourth-order valence-electron chi connectivity index (χ4n) is 3.60. The van der Waals surface area contributed by atoms with Gasteiger partial charge >= 0.3 is 0 Å². The first-order chi connectivity index (χ1) is 10.8. The number of thioether (sulfide) groups is 1. The first kappa shape index (κ1) is 13.9. The fraction of sp³-hybridized carbons (Fsp3) is 0.316. The SMILES string of the molecule is O=C(C(c1ccccc1)c1ccccc1)N1CC2CC1CS2. The first-order valence-electron chi connectivity index (χ1n) is 7.85. The Kier molecular flexibility index (Phi) is 3.67. The summed E-state index contributed by atoms with van der Waals surface area (Å²) in [4.78, 5) is 15.4. The van der Waals surface area contributed by atoms with E-state index in [1.807, 2.05) is 48.2 Å². The highest BCUT2D eigenvalue weighted by Crippen LogP contribution is 2.40. The molecule has 2 heterocycles. The summed E-state index contributed by atoms with van der Waals surface area (Å²) < 4.78 is 0. The Labute approximate surface area is 135 Å². The van der Waals surface area contributed by atoms with Crippen molar-refractivity contribution in [2.45, 2.75) is 23.6 Å². The number of carbonyl (C=O) groups excluding carboxylic acids is 1. The van der Waals surface area contributed by atoms with Crippen LogP contribution < -0.4 is 0 Å². The number of nitrogens with zero attached hydrogens (tertiary/aromatic N) is 1. The molecule has 2 aliphatic rings. The van der Waals surface area contributed by atoms with Crippen LogP contribution in [0.5, 0.6) is 0 Å². The molecule has 2 bridgehead atoms. The summed E-state index contributed by atoms with van der Waals surface area (Å²) in [5.74, 6) is 1.20. The quantitative estimate of drug-likeness (QED) is 0.864. The van der Waals surface area contributed by atoms with Gasteiger partial charge in [-0.25, -0.2) is 0 Å². The van der Waals surface area contributed by atoms with Gasteiger partial charge in [-0.15, -0.1) is 0 Å². The standard InChI is InChI=1S/C19H19NOS/c21-19(20-12-17-11-16(20)13-22-17)18(14-7-3-1-4-8-14)15-9-5-2-6-10-15/h1-10,16-18H,11-13H2. The second-order valence-electron chi connectivity index (χ2n) is 6.09. The lowest BCUT2D eigenvalue weighted by Crippen LogP contribution is -2.42. The Bertz CT molecular complexity index is 618. The van der Waals surface area contributed by atoms with Gasteiger partial charge in [0.15, 0.2) is 0 Å². The molecular weight excluding hydrogens is 290 g/mol. The van der Waals surface area contributed by atoms with Crippen LogP contribution in [0, 0.1) is 0 Å². The van der Waals surface area contributed by atoms with Crippen molar-refractivity contribution in [3.63, 3.8) is 0 Å². The highest BCUT2D eigenvalue weighted by Gasteiger charge is 2.43. The number of hydrogen-bond donors (Lipinski definition) is 0. The van der Waals surface area contributed by atoms with E-state index >= 15 is 0 Å². The molecule has 3 heteroatoms. The molecule has 112 valence electrons. The number of amides is 1. The van der Waals surface area contributed by atoms with Gasteiger partial charge in [0.1, 0.15) is 0 Å². The van der Waals surface area contributed by atoms with Gasteiger partial charge in [-0.05, 0) is 17.5 Å². The van der Waals surface area contributed by atoms with Crippen LogP contribution in [0.2, 0.25) is 0 Å². The van der Waals surface area contributed by atoms with E-state index in [4.69, 9.17) is 0 Å². The lowest BCUT2D eigenvalue weighted by Gasteiger charge is -2.31. The Balaban J connectivity index is 1.70. The van der Waals surface area contributed by atoms with E-state index in [1.54, 1.807) is 0 Å². The number of fused-ring (bicyclic) bond motifs is 2. The monoisotopic (exact) mass is 309 g/mol. The van der Waals surface area contributed by atoms with E-state index in [9.17, 15) is 4.79 Å². The highest BCUT2D eigenvalue weighted by atomic mass is 32.2. The zero-order chi connectivity index (χ0) is 14.9. The van der Waals surface area contributed by atoms with Crippen molar-refractivity contribution >= 4 is 17.7 Å². The Morgan fingerprint density at radius 3 is 2.05 bits per heavy atom. The van der Waals surface area contributed by atoms with Gasteiger partial charge in [-0.3, -0.25) is 4.79 Å². The van der Waals surface area contributed by atoms with Crippen LogP contribution in [-0.2, 0) is 4.79 Å². The third kappa shape index (κ3) is 2.44. The van der Waals surface area contributed by atoms with Gasteiger partial charge in [-0.2, -0.15) is 11.8 Å². The van der Waals surface area contributed by atoms with Crippen molar-refractivity contribution < 1.29 is 4.79 Å². The van der Waals surface area contributed by atoms with Gasteiger partial charge in [-0.1, -0.05) is 60.7 Å². The summed E-state index contributed by atoms with van der Waals surface area (Å²) in [6.07, 6.45) is 1.17. The van der Waals surface area contributed by atoms with E-state index in [1.165, 1.54) is 6.42 Å². The summed E-state index contributed by atoms with van der Waals surface area (Å²) >= 11 is 2.02. The summed E-state index contributed by atoms with van der Waals surface area (Å²) in [6, 6.07) is 20.8. The smallest absolute Gasteiger partial charge is 0.234 e. The van der Waals surface area contributed by atoms with Crippen LogP contribution in [0.4, 0.5) is 0 Å². The lowest BCUT2D eigenvalue weighted by molar-refractivity contribution is -0.132. The molecular formula is C19H19NOS. The molecule has 2 atom stereocenters. The van der Waals surface area contributed by atoms with Crippen molar-refractivity contribution in [3.8, 4) is 0 Å². The first-order valence-corrected chi connectivity index (χ1v) is 8.90. The number of hydrogen-bond acceptors (Lipinski definition) is 2. The van der Waals surface area contributed by atoms with E-state index in [0.29, 0.717) is 11.3 Å². The fourth-order valence-corrected chi connectivity index (χ4v) is 5.04. The molecule has 0 aliphatic carbocycles. The van der Waals surface area contributed by atoms with E-state index in [-0.39, 0.29) is 11.8 Å².